The molecule has 1 aliphatic rings. The number of aliphatic imine (C=N–C) groups is 1. The summed E-state index contributed by atoms with van der Waals surface area (Å²) >= 11 is 1.65. The molecule has 2 atom stereocenters. The lowest BCUT2D eigenvalue weighted by Crippen LogP contribution is -2.40. The SMILES string of the molecule is CCNC(=NCC(C1CC1)N(C)C)N(C)Cc1csc(C(C)OC)n1.I. The van der Waals surface area contributed by atoms with Crippen molar-refractivity contribution in [3.8, 4) is 0 Å². The molecule has 150 valence electrons. The van der Waals surface area contributed by atoms with Crippen LogP contribution in [-0.4, -0.2) is 68.1 Å². The van der Waals surface area contributed by atoms with Crippen molar-refractivity contribution in [2.24, 2.45) is 10.9 Å². The molecule has 0 saturated heterocycles. The van der Waals surface area contributed by atoms with Gasteiger partial charge in [-0.05, 0) is 46.7 Å². The Morgan fingerprint density at radius 3 is 2.65 bits per heavy atom. The number of guanidine groups is 1. The van der Waals surface area contributed by atoms with Gasteiger partial charge in [0.05, 0.1) is 18.8 Å². The van der Waals surface area contributed by atoms with E-state index in [1.165, 1.54) is 12.8 Å². The van der Waals surface area contributed by atoms with Crippen molar-refractivity contribution in [3.05, 3.63) is 16.1 Å². The van der Waals surface area contributed by atoms with Gasteiger partial charge in [0.15, 0.2) is 5.96 Å². The molecule has 6 nitrogen and oxygen atoms in total. The Kier molecular flexibility index (Phi) is 10.3. The van der Waals surface area contributed by atoms with Crippen LogP contribution in [0.15, 0.2) is 10.4 Å². The second kappa shape index (κ2) is 11.4. The van der Waals surface area contributed by atoms with Crippen LogP contribution in [0.25, 0.3) is 0 Å². The minimum Gasteiger partial charge on any atom is -0.375 e. The minimum absolute atomic E-state index is 0. The van der Waals surface area contributed by atoms with Crippen molar-refractivity contribution in [1.29, 1.82) is 0 Å². The fourth-order valence-electron chi connectivity index (χ4n) is 2.87. The van der Waals surface area contributed by atoms with Crippen LogP contribution in [-0.2, 0) is 11.3 Å². The maximum absolute atomic E-state index is 5.35. The van der Waals surface area contributed by atoms with E-state index in [1.54, 1.807) is 18.4 Å². The molecule has 0 aromatic carbocycles. The summed E-state index contributed by atoms with van der Waals surface area (Å²) in [6.07, 6.45) is 2.72. The van der Waals surface area contributed by atoms with Gasteiger partial charge in [0.25, 0.3) is 0 Å². The van der Waals surface area contributed by atoms with Crippen LogP contribution in [0.1, 0.15) is 43.5 Å². The summed E-state index contributed by atoms with van der Waals surface area (Å²) < 4.78 is 5.35. The zero-order valence-electron chi connectivity index (χ0n) is 16.9. The summed E-state index contributed by atoms with van der Waals surface area (Å²) in [7, 11) is 8.10. The molecule has 1 N–H and O–H groups in total. The number of hydrogen-bond acceptors (Lipinski definition) is 5. The van der Waals surface area contributed by atoms with E-state index in [0.717, 1.165) is 42.2 Å². The van der Waals surface area contributed by atoms with Crippen LogP contribution in [0.4, 0.5) is 0 Å². The number of hydrogen-bond donors (Lipinski definition) is 1. The minimum atomic E-state index is 0. The molecule has 1 saturated carbocycles. The number of aromatic nitrogens is 1. The molecule has 1 heterocycles. The third-order valence-electron chi connectivity index (χ3n) is 4.62. The fourth-order valence-corrected chi connectivity index (χ4v) is 3.71. The van der Waals surface area contributed by atoms with Crippen molar-refractivity contribution in [1.82, 2.24) is 20.1 Å². The molecular formula is C18H34IN5OS. The highest BCUT2D eigenvalue weighted by molar-refractivity contribution is 14.0. The molecule has 8 heteroatoms. The first-order chi connectivity index (χ1) is 12.0. The van der Waals surface area contributed by atoms with E-state index >= 15 is 0 Å². The summed E-state index contributed by atoms with van der Waals surface area (Å²) in [5.74, 6) is 1.76. The fraction of sp³-hybridized carbons (Fsp3) is 0.778. The zero-order chi connectivity index (χ0) is 18.4. The summed E-state index contributed by atoms with van der Waals surface area (Å²) in [5.41, 5.74) is 1.06. The monoisotopic (exact) mass is 495 g/mol. The molecule has 1 aliphatic carbocycles. The molecule has 1 aromatic rings. The van der Waals surface area contributed by atoms with Crippen LogP contribution in [0, 0.1) is 5.92 Å². The predicted molar refractivity (Wildman–Crippen MR) is 121 cm³/mol. The Balaban J connectivity index is 0.00000338. The Hall–Kier alpha value is -0.450. The van der Waals surface area contributed by atoms with Crippen molar-refractivity contribution in [2.75, 3.05) is 41.3 Å². The quantitative estimate of drug-likeness (QED) is 0.324. The van der Waals surface area contributed by atoms with E-state index in [-0.39, 0.29) is 30.1 Å². The standard InChI is InChI=1S/C18H33N5OS.HI/c1-7-19-18(20-10-16(22(3)4)14-8-9-14)23(5)11-15-12-25-17(21-15)13(2)24-6;/h12-14,16H,7-11H2,1-6H3,(H,19,20);1H. The summed E-state index contributed by atoms with van der Waals surface area (Å²) in [6.45, 7) is 6.58. The number of methoxy groups -OCH3 is 1. The number of ether oxygens (including phenoxy) is 1. The lowest BCUT2D eigenvalue weighted by Gasteiger charge is -2.25. The molecule has 26 heavy (non-hydrogen) atoms. The number of rotatable bonds is 9. The highest BCUT2D eigenvalue weighted by Crippen LogP contribution is 2.34. The third-order valence-corrected chi connectivity index (χ3v) is 5.68. The van der Waals surface area contributed by atoms with Crippen molar-refractivity contribution in [3.63, 3.8) is 0 Å². The van der Waals surface area contributed by atoms with E-state index in [0.29, 0.717) is 6.04 Å². The number of nitrogens with zero attached hydrogens (tertiary/aromatic N) is 4. The average molecular weight is 495 g/mol. The Morgan fingerprint density at radius 1 is 1.42 bits per heavy atom. The van der Waals surface area contributed by atoms with Crippen LogP contribution < -0.4 is 5.32 Å². The lowest BCUT2D eigenvalue weighted by atomic mass is 10.2. The van der Waals surface area contributed by atoms with Gasteiger partial charge in [-0.2, -0.15) is 0 Å². The van der Waals surface area contributed by atoms with Gasteiger partial charge < -0.3 is 19.9 Å². The van der Waals surface area contributed by atoms with E-state index in [4.69, 9.17) is 9.73 Å². The Morgan fingerprint density at radius 2 is 2.12 bits per heavy atom. The molecule has 1 aromatic heterocycles. The number of halogens is 1. The average Bonchev–Trinajstić information content (AvgIpc) is 3.31. The number of nitrogens with one attached hydrogen (secondary N) is 1. The van der Waals surface area contributed by atoms with Crippen LogP contribution in [0.5, 0.6) is 0 Å². The first-order valence-corrected chi connectivity index (χ1v) is 9.97. The highest BCUT2D eigenvalue weighted by Gasteiger charge is 2.32. The second-order valence-electron chi connectivity index (χ2n) is 6.97. The second-order valence-corrected chi connectivity index (χ2v) is 7.86. The van der Waals surface area contributed by atoms with Gasteiger partial charge in [-0.1, -0.05) is 0 Å². The van der Waals surface area contributed by atoms with Gasteiger partial charge in [-0.25, -0.2) is 4.98 Å². The first-order valence-electron chi connectivity index (χ1n) is 9.09. The van der Waals surface area contributed by atoms with Crippen LogP contribution >= 0.6 is 35.3 Å². The third kappa shape index (κ3) is 6.94. The Labute approximate surface area is 179 Å². The van der Waals surface area contributed by atoms with E-state index in [1.807, 2.05) is 6.92 Å². The van der Waals surface area contributed by atoms with Crippen molar-refractivity contribution < 1.29 is 4.74 Å². The molecule has 0 radical (unpaired) electrons. The molecule has 2 unspecified atom stereocenters. The molecule has 0 spiro atoms. The predicted octanol–water partition coefficient (Wildman–Crippen LogP) is 3.21. The van der Waals surface area contributed by atoms with E-state index in [2.05, 4.69) is 53.5 Å². The molecular weight excluding hydrogens is 461 g/mol. The molecule has 0 bridgehead atoms. The lowest BCUT2D eigenvalue weighted by molar-refractivity contribution is 0.119. The maximum Gasteiger partial charge on any atom is 0.194 e. The smallest absolute Gasteiger partial charge is 0.194 e. The Bertz CT molecular complexity index is 560. The highest BCUT2D eigenvalue weighted by atomic mass is 127. The maximum atomic E-state index is 5.35. The molecule has 2 rings (SSSR count). The van der Waals surface area contributed by atoms with Gasteiger partial charge in [0.1, 0.15) is 11.1 Å². The van der Waals surface area contributed by atoms with Crippen molar-refractivity contribution >= 4 is 41.3 Å². The van der Waals surface area contributed by atoms with Gasteiger partial charge in [0, 0.05) is 32.1 Å². The topological polar surface area (TPSA) is 53.0 Å². The normalized spacial score (nSPS) is 17.0. The van der Waals surface area contributed by atoms with Gasteiger partial charge >= 0.3 is 0 Å². The molecule has 0 aliphatic heterocycles. The molecule has 1 fully saturated rings. The summed E-state index contributed by atoms with van der Waals surface area (Å²) in [5, 5.41) is 6.54. The van der Waals surface area contributed by atoms with Crippen molar-refractivity contribution in [2.45, 2.75) is 45.4 Å². The van der Waals surface area contributed by atoms with Gasteiger partial charge in [-0.15, -0.1) is 35.3 Å². The van der Waals surface area contributed by atoms with Gasteiger partial charge in [-0.3, -0.25) is 4.99 Å². The summed E-state index contributed by atoms with van der Waals surface area (Å²) in [6, 6.07) is 0.537. The number of likely N-dealkylation sites (N-methyl/N-ethyl adjacent to an activating group) is 1. The van der Waals surface area contributed by atoms with Crippen LogP contribution in [0.2, 0.25) is 0 Å². The van der Waals surface area contributed by atoms with E-state index < -0.39 is 0 Å². The van der Waals surface area contributed by atoms with Gasteiger partial charge in [0.2, 0.25) is 0 Å². The molecule has 0 amide bonds. The number of thiazole rings is 1. The largest absolute Gasteiger partial charge is 0.375 e. The first kappa shape index (κ1) is 23.6. The van der Waals surface area contributed by atoms with E-state index in [9.17, 15) is 0 Å². The van der Waals surface area contributed by atoms with Crippen LogP contribution in [0.3, 0.4) is 0 Å². The summed E-state index contributed by atoms with van der Waals surface area (Å²) in [4.78, 5) is 14.0. The zero-order valence-corrected chi connectivity index (χ0v) is 20.0.